The molecule has 1 rings (SSSR count). The fourth-order valence-electron chi connectivity index (χ4n) is 1.61. The molecule has 0 aromatic carbocycles. The lowest BCUT2D eigenvalue weighted by atomic mass is 10.1. The second kappa shape index (κ2) is 5.16. The third-order valence-electron chi connectivity index (χ3n) is 2.64. The Hall–Kier alpha value is -1.59. The number of nitrogen functional groups attached to an aromatic ring is 1. The van der Waals surface area contributed by atoms with Crippen LogP contribution in [0.2, 0.25) is 0 Å². The highest BCUT2D eigenvalue weighted by molar-refractivity contribution is 5.57. The Morgan fingerprint density at radius 2 is 2.00 bits per heavy atom. The normalized spacial score (nSPS) is 11.4. The van der Waals surface area contributed by atoms with Crippen molar-refractivity contribution in [2.45, 2.75) is 46.6 Å². The van der Waals surface area contributed by atoms with E-state index in [-0.39, 0.29) is 17.4 Å². The summed E-state index contributed by atoms with van der Waals surface area (Å²) in [4.78, 5) is 10.5. The van der Waals surface area contributed by atoms with Crippen LogP contribution in [0.1, 0.15) is 45.7 Å². The van der Waals surface area contributed by atoms with Crippen molar-refractivity contribution in [3.05, 3.63) is 15.8 Å². The molecule has 96 valence electrons. The number of nitrogens with two attached hydrogens (primary N) is 1. The van der Waals surface area contributed by atoms with Gasteiger partial charge in [-0.2, -0.15) is 5.10 Å². The Kier molecular flexibility index (Phi) is 4.09. The van der Waals surface area contributed by atoms with Gasteiger partial charge in [-0.1, -0.05) is 27.7 Å². The highest BCUT2D eigenvalue weighted by Gasteiger charge is 2.27. The molecule has 0 unspecified atom stereocenters. The molecule has 6 heteroatoms. The standard InChI is InChI=1S/C11H20N4O2/c1-7(2)5-6-14-11(12)10(15(16)17)9(13-14)8(3)4/h7-8H,5-6,12H2,1-4H3. The van der Waals surface area contributed by atoms with E-state index in [4.69, 9.17) is 5.73 Å². The Balaban J connectivity index is 3.08. The Morgan fingerprint density at radius 3 is 2.35 bits per heavy atom. The van der Waals surface area contributed by atoms with E-state index in [2.05, 4.69) is 18.9 Å². The highest BCUT2D eigenvalue weighted by atomic mass is 16.6. The molecule has 2 N–H and O–H groups in total. The van der Waals surface area contributed by atoms with E-state index in [1.807, 2.05) is 13.8 Å². The van der Waals surface area contributed by atoms with Crippen molar-refractivity contribution < 1.29 is 4.92 Å². The first-order chi connectivity index (χ1) is 7.84. The van der Waals surface area contributed by atoms with Gasteiger partial charge in [0.1, 0.15) is 5.69 Å². The minimum absolute atomic E-state index is 0.00185. The van der Waals surface area contributed by atoms with Crippen molar-refractivity contribution in [2.24, 2.45) is 5.92 Å². The van der Waals surface area contributed by atoms with E-state index >= 15 is 0 Å². The van der Waals surface area contributed by atoms with E-state index in [9.17, 15) is 10.1 Å². The van der Waals surface area contributed by atoms with Crippen LogP contribution < -0.4 is 5.73 Å². The van der Waals surface area contributed by atoms with Crippen molar-refractivity contribution in [2.75, 3.05) is 5.73 Å². The first kappa shape index (κ1) is 13.5. The van der Waals surface area contributed by atoms with Crippen molar-refractivity contribution in [1.29, 1.82) is 0 Å². The number of rotatable bonds is 5. The first-order valence-electron chi connectivity index (χ1n) is 5.85. The smallest absolute Gasteiger partial charge is 0.334 e. The van der Waals surface area contributed by atoms with Crippen LogP contribution in [0.3, 0.4) is 0 Å². The summed E-state index contributed by atoms with van der Waals surface area (Å²) in [5.41, 5.74) is 6.22. The molecule has 0 spiro atoms. The van der Waals surface area contributed by atoms with E-state index in [1.165, 1.54) is 0 Å². The molecular weight excluding hydrogens is 220 g/mol. The molecule has 0 saturated carbocycles. The summed E-state index contributed by atoms with van der Waals surface area (Å²) in [6.07, 6.45) is 0.903. The zero-order valence-corrected chi connectivity index (χ0v) is 10.8. The van der Waals surface area contributed by atoms with Gasteiger partial charge in [-0.15, -0.1) is 0 Å². The molecule has 17 heavy (non-hydrogen) atoms. The van der Waals surface area contributed by atoms with E-state index in [1.54, 1.807) is 4.68 Å². The average Bonchev–Trinajstić information content (AvgIpc) is 2.52. The molecule has 6 nitrogen and oxygen atoms in total. The average molecular weight is 240 g/mol. The minimum atomic E-state index is -0.441. The third kappa shape index (κ3) is 2.95. The summed E-state index contributed by atoms with van der Waals surface area (Å²) >= 11 is 0. The van der Waals surface area contributed by atoms with E-state index < -0.39 is 4.92 Å². The monoisotopic (exact) mass is 240 g/mol. The number of anilines is 1. The van der Waals surface area contributed by atoms with Gasteiger partial charge in [-0.05, 0) is 12.3 Å². The Morgan fingerprint density at radius 1 is 1.41 bits per heavy atom. The van der Waals surface area contributed by atoms with Crippen LogP contribution >= 0.6 is 0 Å². The van der Waals surface area contributed by atoms with Gasteiger partial charge in [-0.3, -0.25) is 10.1 Å². The van der Waals surface area contributed by atoms with Gasteiger partial charge in [0.25, 0.3) is 0 Å². The van der Waals surface area contributed by atoms with Crippen LogP contribution in [0.15, 0.2) is 0 Å². The van der Waals surface area contributed by atoms with Gasteiger partial charge in [0.05, 0.1) is 4.92 Å². The summed E-state index contributed by atoms with van der Waals surface area (Å²) in [7, 11) is 0. The molecule has 0 fully saturated rings. The van der Waals surface area contributed by atoms with Gasteiger partial charge < -0.3 is 5.73 Å². The quantitative estimate of drug-likeness (QED) is 0.632. The van der Waals surface area contributed by atoms with Gasteiger partial charge in [0.15, 0.2) is 0 Å². The maximum atomic E-state index is 11.0. The van der Waals surface area contributed by atoms with Crippen LogP contribution in [0, 0.1) is 16.0 Å². The van der Waals surface area contributed by atoms with Crippen LogP contribution in [0.25, 0.3) is 0 Å². The highest BCUT2D eigenvalue weighted by Crippen LogP contribution is 2.31. The van der Waals surface area contributed by atoms with Gasteiger partial charge >= 0.3 is 5.69 Å². The molecule has 1 heterocycles. The van der Waals surface area contributed by atoms with Crippen molar-refractivity contribution in [1.82, 2.24) is 9.78 Å². The van der Waals surface area contributed by atoms with E-state index in [0.29, 0.717) is 18.2 Å². The predicted molar refractivity (Wildman–Crippen MR) is 66.8 cm³/mol. The summed E-state index contributed by atoms with van der Waals surface area (Å²) in [6.45, 7) is 8.56. The number of nitrogens with zero attached hydrogens (tertiary/aromatic N) is 3. The molecule has 0 aliphatic rings. The van der Waals surface area contributed by atoms with Gasteiger partial charge in [0.2, 0.25) is 5.82 Å². The lowest BCUT2D eigenvalue weighted by molar-refractivity contribution is -0.384. The number of hydrogen-bond acceptors (Lipinski definition) is 4. The number of aromatic nitrogens is 2. The lowest BCUT2D eigenvalue weighted by Gasteiger charge is -2.05. The largest absolute Gasteiger partial charge is 0.378 e. The topological polar surface area (TPSA) is 87.0 Å². The minimum Gasteiger partial charge on any atom is -0.378 e. The lowest BCUT2D eigenvalue weighted by Crippen LogP contribution is -2.07. The summed E-state index contributed by atoms with van der Waals surface area (Å²) < 4.78 is 1.55. The van der Waals surface area contributed by atoms with Gasteiger partial charge in [-0.25, -0.2) is 4.68 Å². The molecule has 1 aromatic rings. The number of hydrogen-bond donors (Lipinski definition) is 1. The molecule has 0 radical (unpaired) electrons. The Bertz CT molecular complexity index is 410. The second-order valence-corrected chi connectivity index (χ2v) is 4.94. The zero-order chi connectivity index (χ0) is 13.2. The molecule has 0 aliphatic heterocycles. The molecule has 0 bridgehead atoms. The fourth-order valence-corrected chi connectivity index (χ4v) is 1.61. The summed E-state index contributed by atoms with van der Waals surface area (Å²) in [5.74, 6) is 0.678. The Labute approximate surface area is 101 Å². The molecule has 0 aliphatic carbocycles. The second-order valence-electron chi connectivity index (χ2n) is 4.94. The van der Waals surface area contributed by atoms with Crippen LogP contribution in [-0.2, 0) is 6.54 Å². The molecular formula is C11H20N4O2. The summed E-state index contributed by atoms with van der Waals surface area (Å²) in [6, 6.07) is 0. The van der Waals surface area contributed by atoms with Crippen LogP contribution in [0.5, 0.6) is 0 Å². The van der Waals surface area contributed by atoms with Crippen molar-refractivity contribution in [3.63, 3.8) is 0 Å². The molecule has 0 atom stereocenters. The summed E-state index contributed by atoms with van der Waals surface area (Å²) in [5, 5.41) is 15.2. The number of nitro groups is 1. The molecule has 0 saturated heterocycles. The zero-order valence-electron chi connectivity index (χ0n) is 10.8. The number of aryl methyl sites for hydroxylation is 1. The third-order valence-corrected chi connectivity index (χ3v) is 2.64. The van der Waals surface area contributed by atoms with Crippen LogP contribution in [0.4, 0.5) is 11.5 Å². The fraction of sp³-hybridized carbons (Fsp3) is 0.727. The van der Waals surface area contributed by atoms with Crippen molar-refractivity contribution >= 4 is 11.5 Å². The molecule has 1 aromatic heterocycles. The van der Waals surface area contributed by atoms with Crippen molar-refractivity contribution in [3.8, 4) is 0 Å². The maximum absolute atomic E-state index is 11.0. The molecule has 0 amide bonds. The SMILES string of the molecule is CC(C)CCn1nc(C(C)C)c([N+](=O)[O-])c1N. The predicted octanol–water partition coefficient (Wildman–Crippen LogP) is 2.54. The van der Waals surface area contributed by atoms with Crippen LogP contribution in [-0.4, -0.2) is 14.7 Å². The van der Waals surface area contributed by atoms with Gasteiger partial charge in [0, 0.05) is 12.5 Å². The maximum Gasteiger partial charge on any atom is 0.334 e. The van der Waals surface area contributed by atoms with E-state index in [0.717, 1.165) is 6.42 Å². The first-order valence-corrected chi connectivity index (χ1v) is 5.85.